The Morgan fingerprint density at radius 1 is 1.31 bits per heavy atom. The summed E-state index contributed by atoms with van der Waals surface area (Å²) in [6.07, 6.45) is 4.11. The molecule has 1 aromatic carbocycles. The summed E-state index contributed by atoms with van der Waals surface area (Å²) in [6, 6.07) is 10.1. The molecule has 1 atom stereocenters. The van der Waals surface area contributed by atoms with Crippen LogP contribution in [0.25, 0.3) is 16.9 Å². The maximum Gasteiger partial charge on any atom is 0.414 e. The molecule has 3 aromatic rings. The lowest BCUT2D eigenvalue weighted by Crippen LogP contribution is -2.27. The minimum Gasteiger partial charge on any atom is -0.443 e. The number of amides is 1. The molecular formula is C18H16FN5O2. The van der Waals surface area contributed by atoms with Crippen LogP contribution in [0.4, 0.5) is 14.9 Å². The first-order valence-corrected chi connectivity index (χ1v) is 8.10. The van der Waals surface area contributed by atoms with Gasteiger partial charge in [0.15, 0.2) is 5.82 Å². The summed E-state index contributed by atoms with van der Waals surface area (Å²) in [4.78, 5) is 17.5. The molecule has 3 heterocycles. The number of rotatable bonds is 4. The number of anilines is 1. The van der Waals surface area contributed by atoms with Crippen LogP contribution in [-0.4, -0.2) is 40.1 Å². The van der Waals surface area contributed by atoms with Crippen molar-refractivity contribution in [2.45, 2.75) is 6.10 Å². The normalized spacial score (nSPS) is 16.8. The van der Waals surface area contributed by atoms with E-state index in [0.29, 0.717) is 12.2 Å². The number of hydrogen-bond donors (Lipinski definition) is 1. The van der Waals surface area contributed by atoms with Crippen molar-refractivity contribution in [3.63, 3.8) is 0 Å². The molecule has 132 valence electrons. The summed E-state index contributed by atoms with van der Waals surface area (Å²) >= 11 is 0. The fourth-order valence-corrected chi connectivity index (χ4v) is 2.82. The third kappa shape index (κ3) is 2.91. The van der Waals surface area contributed by atoms with E-state index in [1.165, 1.54) is 15.6 Å². The van der Waals surface area contributed by atoms with Crippen molar-refractivity contribution in [1.82, 2.24) is 14.8 Å². The molecule has 1 saturated heterocycles. The van der Waals surface area contributed by atoms with E-state index in [1.54, 1.807) is 30.7 Å². The minimum absolute atomic E-state index is 0.229. The maximum absolute atomic E-state index is 14.6. The van der Waals surface area contributed by atoms with Gasteiger partial charge in [0.2, 0.25) is 0 Å². The molecule has 0 aliphatic carbocycles. The third-order valence-corrected chi connectivity index (χ3v) is 4.17. The van der Waals surface area contributed by atoms with Gasteiger partial charge in [-0.3, -0.25) is 9.88 Å². The lowest BCUT2D eigenvalue weighted by molar-refractivity contribution is 0.145. The summed E-state index contributed by atoms with van der Waals surface area (Å²) in [7, 11) is 0. The molecule has 7 nitrogen and oxygen atoms in total. The molecule has 8 heteroatoms. The molecule has 0 radical (unpaired) electrons. The lowest BCUT2D eigenvalue weighted by Gasteiger charge is -2.14. The molecule has 2 aromatic heterocycles. The number of nitrogens with zero attached hydrogens (tertiary/aromatic N) is 4. The Morgan fingerprint density at radius 3 is 2.88 bits per heavy atom. The van der Waals surface area contributed by atoms with Crippen molar-refractivity contribution in [2.75, 3.05) is 18.0 Å². The number of carbonyl (C=O) groups is 1. The van der Waals surface area contributed by atoms with Gasteiger partial charge in [0.25, 0.3) is 0 Å². The van der Waals surface area contributed by atoms with Crippen LogP contribution in [0.5, 0.6) is 0 Å². The zero-order valence-corrected chi connectivity index (χ0v) is 13.7. The van der Waals surface area contributed by atoms with Gasteiger partial charge >= 0.3 is 6.09 Å². The number of cyclic esters (lactones) is 1. The van der Waals surface area contributed by atoms with Gasteiger partial charge in [-0.05, 0) is 30.3 Å². The Bertz CT molecular complexity index is 944. The zero-order chi connectivity index (χ0) is 18.1. The van der Waals surface area contributed by atoms with E-state index >= 15 is 0 Å². The van der Waals surface area contributed by atoms with Gasteiger partial charge in [0.1, 0.15) is 11.8 Å². The van der Waals surface area contributed by atoms with Crippen LogP contribution in [0.1, 0.15) is 0 Å². The largest absolute Gasteiger partial charge is 0.443 e. The molecule has 1 aliphatic rings. The van der Waals surface area contributed by atoms with Gasteiger partial charge < -0.3 is 10.5 Å². The molecule has 0 bridgehead atoms. The van der Waals surface area contributed by atoms with Crippen molar-refractivity contribution in [3.8, 4) is 16.9 Å². The molecule has 1 aliphatic heterocycles. The van der Waals surface area contributed by atoms with Gasteiger partial charge in [-0.25, -0.2) is 13.9 Å². The number of halogens is 1. The smallest absolute Gasteiger partial charge is 0.414 e. The van der Waals surface area contributed by atoms with E-state index in [2.05, 4.69) is 10.1 Å². The highest BCUT2D eigenvalue weighted by molar-refractivity contribution is 5.89. The molecule has 1 amide bonds. The van der Waals surface area contributed by atoms with Gasteiger partial charge in [0.05, 0.1) is 24.1 Å². The Hall–Kier alpha value is -3.26. The molecule has 0 spiro atoms. The second kappa shape index (κ2) is 6.57. The topological polar surface area (TPSA) is 86.3 Å². The number of carbonyl (C=O) groups excluding carboxylic acids is 1. The standard InChI is InChI=1S/C18H16FN5O2/c19-15-7-13(23-11-14(8-20)26-18(23)25)4-5-17(15)24-10-12(9-22-24)16-3-1-2-6-21-16/h1-7,9-10,14H,8,11,20H2/t14-/m0/s1. The molecule has 2 N–H and O–H groups in total. The van der Waals surface area contributed by atoms with Crippen molar-refractivity contribution >= 4 is 11.8 Å². The molecule has 0 unspecified atom stereocenters. The average Bonchev–Trinajstić information content (AvgIpc) is 3.29. The van der Waals surface area contributed by atoms with Crippen molar-refractivity contribution in [1.29, 1.82) is 0 Å². The second-order valence-corrected chi connectivity index (χ2v) is 5.88. The van der Waals surface area contributed by atoms with Crippen LogP contribution in [0.2, 0.25) is 0 Å². The Kier molecular flexibility index (Phi) is 4.10. The number of aromatic nitrogens is 3. The van der Waals surface area contributed by atoms with Crippen LogP contribution in [0, 0.1) is 5.82 Å². The number of nitrogens with two attached hydrogens (primary N) is 1. The number of ether oxygens (including phenoxy) is 1. The van der Waals surface area contributed by atoms with Crippen molar-refractivity contribution in [3.05, 3.63) is 60.8 Å². The molecule has 4 rings (SSSR count). The van der Waals surface area contributed by atoms with Crippen molar-refractivity contribution in [2.24, 2.45) is 5.73 Å². The van der Waals surface area contributed by atoms with Crippen LogP contribution in [-0.2, 0) is 4.74 Å². The highest BCUT2D eigenvalue weighted by Gasteiger charge is 2.31. The average molecular weight is 353 g/mol. The highest BCUT2D eigenvalue weighted by Crippen LogP contribution is 2.26. The lowest BCUT2D eigenvalue weighted by atomic mass is 10.2. The van der Waals surface area contributed by atoms with Crippen LogP contribution in [0.3, 0.4) is 0 Å². The molecule has 0 saturated carbocycles. The van der Waals surface area contributed by atoms with E-state index < -0.39 is 11.9 Å². The van der Waals surface area contributed by atoms with Gasteiger partial charge in [-0.1, -0.05) is 6.07 Å². The summed E-state index contributed by atoms with van der Waals surface area (Å²) in [5.41, 5.74) is 7.75. The predicted octanol–water partition coefficient (Wildman–Crippen LogP) is 2.36. The number of hydrogen-bond acceptors (Lipinski definition) is 5. The minimum atomic E-state index is -0.524. The summed E-state index contributed by atoms with van der Waals surface area (Å²) in [5.74, 6) is -0.498. The first kappa shape index (κ1) is 16.2. The molecule has 1 fully saturated rings. The quantitative estimate of drug-likeness (QED) is 0.778. The second-order valence-electron chi connectivity index (χ2n) is 5.88. The van der Waals surface area contributed by atoms with E-state index in [1.807, 2.05) is 18.2 Å². The number of benzene rings is 1. The summed E-state index contributed by atoms with van der Waals surface area (Å²) in [6.45, 7) is 0.534. The van der Waals surface area contributed by atoms with Gasteiger partial charge in [-0.2, -0.15) is 5.10 Å². The first-order valence-electron chi connectivity index (χ1n) is 8.10. The van der Waals surface area contributed by atoms with E-state index in [0.717, 1.165) is 11.3 Å². The first-order chi connectivity index (χ1) is 12.7. The zero-order valence-electron chi connectivity index (χ0n) is 13.7. The predicted molar refractivity (Wildman–Crippen MR) is 93.4 cm³/mol. The van der Waals surface area contributed by atoms with Crippen LogP contribution >= 0.6 is 0 Å². The van der Waals surface area contributed by atoms with Gasteiger partial charge in [0, 0.05) is 24.5 Å². The van der Waals surface area contributed by atoms with E-state index in [4.69, 9.17) is 10.5 Å². The van der Waals surface area contributed by atoms with Crippen molar-refractivity contribution < 1.29 is 13.9 Å². The van der Waals surface area contributed by atoms with E-state index in [9.17, 15) is 9.18 Å². The van der Waals surface area contributed by atoms with Gasteiger partial charge in [-0.15, -0.1) is 0 Å². The third-order valence-electron chi connectivity index (χ3n) is 4.17. The maximum atomic E-state index is 14.6. The fourth-order valence-electron chi connectivity index (χ4n) is 2.82. The van der Waals surface area contributed by atoms with Crippen LogP contribution < -0.4 is 10.6 Å². The van der Waals surface area contributed by atoms with E-state index in [-0.39, 0.29) is 18.3 Å². The summed E-state index contributed by atoms with van der Waals surface area (Å²) < 4.78 is 21.2. The molecule has 26 heavy (non-hydrogen) atoms. The Labute approximate surface area is 148 Å². The SMILES string of the molecule is NC[C@H]1CN(c2ccc(-n3cc(-c4ccccn4)cn3)c(F)c2)C(=O)O1. The fraction of sp³-hybridized carbons (Fsp3) is 0.167. The monoisotopic (exact) mass is 353 g/mol. The Morgan fingerprint density at radius 2 is 2.19 bits per heavy atom. The molecular weight excluding hydrogens is 337 g/mol. The number of pyridine rings is 1. The van der Waals surface area contributed by atoms with Crippen LogP contribution in [0.15, 0.2) is 55.0 Å². The Balaban J connectivity index is 1.61. The summed E-state index contributed by atoms with van der Waals surface area (Å²) in [5, 5.41) is 4.21. The highest BCUT2D eigenvalue weighted by atomic mass is 19.1.